The minimum Gasteiger partial charge on any atom is -0.349 e. The Labute approximate surface area is 171 Å². The van der Waals surface area contributed by atoms with Crippen LogP contribution in [0.2, 0.25) is 0 Å². The molecule has 2 N–H and O–H groups in total. The molecule has 0 bridgehead atoms. The molecule has 1 unspecified atom stereocenters. The van der Waals surface area contributed by atoms with Gasteiger partial charge in [-0.2, -0.15) is 23.0 Å². The van der Waals surface area contributed by atoms with Crippen LogP contribution < -0.4 is 16.2 Å². The van der Waals surface area contributed by atoms with Crippen LogP contribution in [-0.2, 0) is 0 Å². The molecule has 3 rings (SSSR count). The number of hydrogen-bond acceptors (Lipinski definition) is 5. The maximum Gasteiger partial charge on any atom is 0.405 e. The van der Waals surface area contributed by atoms with Gasteiger partial charge in [-0.05, 0) is 18.2 Å². The van der Waals surface area contributed by atoms with Crippen LogP contribution >= 0.6 is 12.4 Å². The molecule has 1 saturated heterocycles. The zero-order valence-corrected chi connectivity index (χ0v) is 16.2. The molecular formula is C18H21ClF3N5O2. The second-order valence-electron chi connectivity index (χ2n) is 6.36. The van der Waals surface area contributed by atoms with Gasteiger partial charge in [0.15, 0.2) is 0 Å². The highest BCUT2D eigenvalue weighted by atomic mass is 35.5. The van der Waals surface area contributed by atoms with E-state index in [2.05, 4.69) is 15.7 Å². The highest BCUT2D eigenvalue weighted by molar-refractivity contribution is 5.92. The third kappa shape index (κ3) is 5.78. The molecule has 0 saturated carbocycles. The van der Waals surface area contributed by atoms with Gasteiger partial charge in [0.1, 0.15) is 11.7 Å². The van der Waals surface area contributed by atoms with E-state index in [4.69, 9.17) is 0 Å². The Bertz CT molecular complexity index is 870. The highest BCUT2D eigenvalue weighted by Gasteiger charge is 2.43. The third-order valence-corrected chi connectivity index (χ3v) is 4.46. The van der Waals surface area contributed by atoms with Gasteiger partial charge in [-0.3, -0.25) is 14.5 Å². The number of benzene rings is 1. The van der Waals surface area contributed by atoms with Crippen LogP contribution in [0.15, 0.2) is 47.3 Å². The maximum absolute atomic E-state index is 13.4. The lowest BCUT2D eigenvalue weighted by molar-refractivity contribution is -0.183. The van der Waals surface area contributed by atoms with Crippen molar-refractivity contribution in [3.63, 3.8) is 0 Å². The molecule has 0 spiro atoms. The van der Waals surface area contributed by atoms with Gasteiger partial charge in [0, 0.05) is 38.8 Å². The summed E-state index contributed by atoms with van der Waals surface area (Å²) in [4.78, 5) is 25.7. The first-order valence-corrected chi connectivity index (χ1v) is 8.82. The summed E-state index contributed by atoms with van der Waals surface area (Å²) in [5, 5.41) is 9.28. The summed E-state index contributed by atoms with van der Waals surface area (Å²) in [6.45, 7) is 0.830. The number of hydrogen-bond donors (Lipinski definition) is 2. The van der Waals surface area contributed by atoms with Crippen LogP contribution in [0.5, 0.6) is 0 Å². The molecule has 0 aliphatic carbocycles. The van der Waals surface area contributed by atoms with Crippen LogP contribution in [0, 0.1) is 0 Å². The third-order valence-electron chi connectivity index (χ3n) is 4.46. The molecule has 158 valence electrons. The van der Waals surface area contributed by atoms with Crippen molar-refractivity contribution in [2.24, 2.45) is 0 Å². The average Bonchev–Trinajstić information content (AvgIpc) is 2.69. The zero-order valence-electron chi connectivity index (χ0n) is 15.4. The Morgan fingerprint density at radius 2 is 1.79 bits per heavy atom. The van der Waals surface area contributed by atoms with E-state index in [9.17, 15) is 22.8 Å². The summed E-state index contributed by atoms with van der Waals surface area (Å²) >= 11 is 0. The summed E-state index contributed by atoms with van der Waals surface area (Å²) in [5.41, 5.74) is -0.127. The molecule has 1 aliphatic rings. The smallest absolute Gasteiger partial charge is 0.349 e. The van der Waals surface area contributed by atoms with Crippen LogP contribution in [0.25, 0.3) is 5.69 Å². The fourth-order valence-electron chi connectivity index (χ4n) is 3.01. The number of nitrogens with zero attached hydrogens (tertiary/aromatic N) is 3. The van der Waals surface area contributed by atoms with Crippen molar-refractivity contribution in [2.45, 2.75) is 12.2 Å². The number of aromatic nitrogens is 2. The molecule has 1 aromatic heterocycles. The van der Waals surface area contributed by atoms with Gasteiger partial charge >= 0.3 is 6.18 Å². The number of alkyl halides is 3. The number of nitrogens with one attached hydrogen (secondary N) is 2. The molecule has 1 aliphatic heterocycles. The second kappa shape index (κ2) is 9.86. The van der Waals surface area contributed by atoms with Crippen molar-refractivity contribution in [3.05, 3.63) is 58.5 Å². The van der Waals surface area contributed by atoms with E-state index < -0.39 is 30.2 Å². The normalized spacial score (nSPS) is 16.0. The molecule has 11 heteroatoms. The van der Waals surface area contributed by atoms with Crippen LogP contribution in [0.3, 0.4) is 0 Å². The van der Waals surface area contributed by atoms with Crippen LogP contribution in [0.1, 0.15) is 10.5 Å². The van der Waals surface area contributed by atoms with Crippen LogP contribution in [0.4, 0.5) is 13.2 Å². The fraction of sp³-hybridized carbons (Fsp3) is 0.389. The van der Waals surface area contributed by atoms with Crippen molar-refractivity contribution >= 4 is 18.3 Å². The largest absolute Gasteiger partial charge is 0.405 e. The topological polar surface area (TPSA) is 79.3 Å². The SMILES string of the molecule is Cl.O=C(NCC(N1CCNCC1)C(F)(F)F)c1ccc(=O)n(-c2ccccc2)n1. The van der Waals surface area contributed by atoms with Gasteiger partial charge in [0.25, 0.3) is 11.5 Å². The van der Waals surface area contributed by atoms with Crippen molar-refractivity contribution in [1.29, 1.82) is 0 Å². The Hall–Kier alpha value is -2.43. The number of piperazine rings is 1. The van der Waals surface area contributed by atoms with Gasteiger partial charge in [-0.15, -0.1) is 12.4 Å². The van der Waals surface area contributed by atoms with Gasteiger partial charge in [-0.25, -0.2) is 0 Å². The lowest BCUT2D eigenvalue weighted by Crippen LogP contribution is -2.57. The van der Waals surface area contributed by atoms with E-state index in [0.717, 1.165) is 10.7 Å². The Morgan fingerprint density at radius 1 is 1.14 bits per heavy atom. The van der Waals surface area contributed by atoms with E-state index >= 15 is 0 Å². The summed E-state index contributed by atoms with van der Waals surface area (Å²) in [6.07, 6.45) is -4.47. The maximum atomic E-state index is 13.4. The van der Waals surface area contributed by atoms with Gasteiger partial charge in [0.2, 0.25) is 0 Å². The van der Waals surface area contributed by atoms with Gasteiger partial charge < -0.3 is 10.6 Å². The summed E-state index contributed by atoms with van der Waals surface area (Å²) in [7, 11) is 0. The number of halogens is 4. The zero-order chi connectivity index (χ0) is 20.1. The lowest BCUT2D eigenvalue weighted by atomic mass is 10.2. The van der Waals surface area contributed by atoms with Crippen molar-refractivity contribution in [3.8, 4) is 5.69 Å². The minimum atomic E-state index is -4.47. The Kier molecular flexibility index (Phi) is 7.77. The predicted molar refractivity (Wildman–Crippen MR) is 104 cm³/mol. The quantitative estimate of drug-likeness (QED) is 0.744. The molecule has 1 aromatic carbocycles. The predicted octanol–water partition coefficient (Wildman–Crippen LogP) is 1.22. The standard InChI is InChI=1S/C18H20F3N5O2.ClH/c19-18(20,21)15(25-10-8-22-9-11-25)12-23-17(28)14-6-7-16(27)26(24-14)13-4-2-1-3-5-13;/h1-7,15,22H,8-12H2,(H,23,28);1H. The monoisotopic (exact) mass is 431 g/mol. The van der Waals surface area contributed by atoms with Gasteiger partial charge in [0.05, 0.1) is 5.69 Å². The number of carbonyl (C=O) groups excluding carboxylic acids is 1. The molecule has 7 nitrogen and oxygen atoms in total. The van der Waals surface area contributed by atoms with E-state index in [-0.39, 0.29) is 31.2 Å². The van der Waals surface area contributed by atoms with E-state index in [1.54, 1.807) is 30.3 Å². The van der Waals surface area contributed by atoms with Crippen LogP contribution in [-0.4, -0.2) is 65.5 Å². The molecule has 1 amide bonds. The summed E-state index contributed by atoms with van der Waals surface area (Å²) < 4.78 is 41.3. The molecule has 1 atom stereocenters. The highest BCUT2D eigenvalue weighted by Crippen LogP contribution is 2.24. The Morgan fingerprint density at radius 3 is 2.41 bits per heavy atom. The first kappa shape index (κ1) is 22.9. The lowest BCUT2D eigenvalue weighted by Gasteiger charge is -2.35. The first-order chi connectivity index (χ1) is 13.4. The number of rotatable bonds is 5. The molecule has 29 heavy (non-hydrogen) atoms. The average molecular weight is 432 g/mol. The first-order valence-electron chi connectivity index (χ1n) is 8.82. The number of carbonyl (C=O) groups is 1. The van der Waals surface area contributed by atoms with Crippen molar-refractivity contribution in [1.82, 2.24) is 25.3 Å². The summed E-state index contributed by atoms with van der Waals surface area (Å²) in [5.74, 6) is -0.769. The molecule has 0 radical (unpaired) electrons. The summed E-state index contributed by atoms with van der Waals surface area (Å²) in [6, 6.07) is 9.03. The number of amides is 1. The fourth-order valence-corrected chi connectivity index (χ4v) is 3.01. The minimum absolute atomic E-state index is 0. The van der Waals surface area contributed by atoms with E-state index in [1.165, 1.54) is 11.0 Å². The molecule has 2 heterocycles. The Balaban J connectivity index is 0.00000300. The van der Waals surface area contributed by atoms with E-state index in [1.807, 2.05) is 0 Å². The molecular weight excluding hydrogens is 411 g/mol. The number of para-hydroxylation sites is 1. The van der Waals surface area contributed by atoms with Crippen molar-refractivity contribution in [2.75, 3.05) is 32.7 Å². The van der Waals surface area contributed by atoms with Gasteiger partial charge in [-0.1, -0.05) is 18.2 Å². The van der Waals surface area contributed by atoms with Crippen molar-refractivity contribution < 1.29 is 18.0 Å². The second-order valence-corrected chi connectivity index (χ2v) is 6.36. The molecule has 1 fully saturated rings. The van der Waals surface area contributed by atoms with E-state index in [0.29, 0.717) is 18.8 Å². The molecule has 2 aromatic rings.